The summed E-state index contributed by atoms with van der Waals surface area (Å²) >= 11 is 6.22. The second-order valence-electron chi connectivity index (χ2n) is 5.63. The first kappa shape index (κ1) is 18.5. The molecule has 0 atom stereocenters. The lowest BCUT2D eigenvalue weighted by Gasteiger charge is -2.12. The highest BCUT2D eigenvalue weighted by Crippen LogP contribution is 2.32. The topological polar surface area (TPSA) is 65.5 Å². The number of sulfone groups is 1. The molecule has 3 aromatic rings. The molecule has 1 aromatic heterocycles. The highest BCUT2D eigenvalue weighted by Gasteiger charge is 2.18. The Morgan fingerprint density at radius 2 is 1.85 bits per heavy atom. The monoisotopic (exact) mass is 391 g/mol. The molecule has 0 fully saturated rings. The average Bonchev–Trinajstić information content (AvgIpc) is 2.66. The molecule has 2 aromatic carbocycles. The van der Waals surface area contributed by atoms with E-state index in [2.05, 4.69) is 4.98 Å². The van der Waals surface area contributed by atoms with Crippen LogP contribution in [0.25, 0.3) is 10.9 Å². The number of ether oxygens (including phenoxy) is 2. The van der Waals surface area contributed by atoms with Gasteiger partial charge in [0.15, 0.2) is 14.9 Å². The zero-order chi connectivity index (χ0) is 18.7. The number of methoxy groups -OCH3 is 1. The van der Waals surface area contributed by atoms with Gasteiger partial charge >= 0.3 is 0 Å². The molecule has 0 bridgehead atoms. The van der Waals surface area contributed by atoms with Gasteiger partial charge in [-0.15, -0.1) is 0 Å². The number of pyridine rings is 1. The van der Waals surface area contributed by atoms with Crippen LogP contribution in [0, 0.1) is 0 Å². The fraction of sp³-hybridized carbons (Fsp3) is 0.211. The second-order valence-corrected chi connectivity index (χ2v) is 8.27. The highest BCUT2D eigenvalue weighted by atomic mass is 35.5. The summed E-state index contributed by atoms with van der Waals surface area (Å²) in [5.74, 6) is 1.14. The number of halogens is 1. The molecule has 0 N–H and O–H groups in total. The average molecular weight is 392 g/mol. The molecule has 0 radical (unpaired) electrons. The van der Waals surface area contributed by atoms with Crippen LogP contribution < -0.4 is 9.47 Å². The molecule has 26 heavy (non-hydrogen) atoms. The van der Waals surface area contributed by atoms with Crippen molar-refractivity contribution in [1.29, 1.82) is 0 Å². The maximum absolute atomic E-state index is 12.3. The fourth-order valence-electron chi connectivity index (χ4n) is 2.47. The van der Waals surface area contributed by atoms with Gasteiger partial charge in [-0.25, -0.2) is 13.4 Å². The Balaban J connectivity index is 2.01. The van der Waals surface area contributed by atoms with E-state index in [1.54, 1.807) is 32.2 Å². The predicted octanol–water partition coefficient (Wildman–Crippen LogP) is 4.27. The van der Waals surface area contributed by atoms with Gasteiger partial charge in [0.1, 0.15) is 18.1 Å². The van der Waals surface area contributed by atoms with Crippen LogP contribution in [0.1, 0.15) is 12.5 Å². The van der Waals surface area contributed by atoms with Crippen molar-refractivity contribution in [3.63, 3.8) is 0 Å². The van der Waals surface area contributed by atoms with Crippen molar-refractivity contribution in [3.8, 4) is 11.5 Å². The molecule has 1 heterocycles. The molecular formula is C19H18ClNO4S. The van der Waals surface area contributed by atoms with Crippen LogP contribution in [-0.2, 0) is 16.4 Å². The number of fused-ring (bicyclic) bond motifs is 1. The third-order valence-corrected chi connectivity index (χ3v) is 5.89. The van der Waals surface area contributed by atoms with E-state index >= 15 is 0 Å². The van der Waals surface area contributed by atoms with Crippen molar-refractivity contribution in [2.24, 2.45) is 0 Å². The van der Waals surface area contributed by atoms with E-state index in [9.17, 15) is 8.42 Å². The largest absolute Gasteiger partial charge is 0.497 e. The summed E-state index contributed by atoms with van der Waals surface area (Å²) in [4.78, 5) is 4.24. The van der Waals surface area contributed by atoms with Gasteiger partial charge in [-0.1, -0.05) is 36.7 Å². The van der Waals surface area contributed by atoms with E-state index in [0.29, 0.717) is 21.7 Å². The summed E-state index contributed by atoms with van der Waals surface area (Å²) in [5.41, 5.74) is 1.34. The summed E-state index contributed by atoms with van der Waals surface area (Å²) in [6.07, 6.45) is 0. The first-order valence-electron chi connectivity index (χ1n) is 8.02. The number of benzene rings is 2. The van der Waals surface area contributed by atoms with Crippen molar-refractivity contribution in [3.05, 3.63) is 59.1 Å². The Kier molecular flexibility index (Phi) is 5.34. The molecule has 0 saturated carbocycles. The van der Waals surface area contributed by atoms with Gasteiger partial charge in [-0.3, -0.25) is 0 Å². The third kappa shape index (κ3) is 3.76. The molecule has 0 aliphatic carbocycles. The summed E-state index contributed by atoms with van der Waals surface area (Å²) in [6.45, 7) is 1.85. The highest BCUT2D eigenvalue weighted by molar-refractivity contribution is 7.91. The van der Waals surface area contributed by atoms with Crippen LogP contribution in [0.15, 0.2) is 53.6 Å². The van der Waals surface area contributed by atoms with Gasteiger partial charge in [0, 0.05) is 11.5 Å². The normalized spacial score (nSPS) is 11.5. The lowest BCUT2D eigenvalue weighted by Crippen LogP contribution is -2.07. The Morgan fingerprint density at radius 3 is 2.50 bits per heavy atom. The first-order chi connectivity index (χ1) is 12.4. The minimum Gasteiger partial charge on any atom is -0.497 e. The number of aromatic nitrogens is 1. The van der Waals surface area contributed by atoms with Gasteiger partial charge in [-0.2, -0.15) is 0 Å². The minimum atomic E-state index is -3.49. The van der Waals surface area contributed by atoms with Gasteiger partial charge in [0.2, 0.25) is 0 Å². The molecule has 0 aliphatic rings. The van der Waals surface area contributed by atoms with E-state index in [1.165, 1.54) is 6.07 Å². The molecule has 0 unspecified atom stereocenters. The fourth-order valence-corrected chi connectivity index (χ4v) is 3.50. The predicted molar refractivity (Wildman–Crippen MR) is 102 cm³/mol. The zero-order valence-corrected chi connectivity index (χ0v) is 16.0. The zero-order valence-electron chi connectivity index (χ0n) is 14.4. The van der Waals surface area contributed by atoms with Crippen molar-refractivity contribution in [2.45, 2.75) is 18.6 Å². The van der Waals surface area contributed by atoms with Gasteiger partial charge in [0.25, 0.3) is 0 Å². The number of para-hydroxylation sites is 1. The van der Waals surface area contributed by atoms with Crippen molar-refractivity contribution >= 4 is 32.3 Å². The summed E-state index contributed by atoms with van der Waals surface area (Å²) < 4.78 is 35.6. The van der Waals surface area contributed by atoms with E-state index in [-0.39, 0.29) is 17.4 Å². The summed E-state index contributed by atoms with van der Waals surface area (Å²) in [5, 5.41) is 1.01. The Morgan fingerprint density at radius 1 is 1.12 bits per heavy atom. The summed E-state index contributed by atoms with van der Waals surface area (Å²) in [7, 11) is -1.88. The van der Waals surface area contributed by atoms with Crippen LogP contribution >= 0.6 is 11.6 Å². The molecule has 0 amide bonds. The Bertz CT molecular complexity index is 1030. The van der Waals surface area contributed by atoms with Crippen LogP contribution in [0.3, 0.4) is 0 Å². The van der Waals surface area contributed by atoms with Gasteiger partial charge < -0.3 is 9.47 Å². The quantitative estimate of drug-likeness (QED) is 0.627. The molecule has 0 saturated heterocycles. The first-order valence-corrected chi connectivity index (χ1v) is 10.1. The van der Waals surface area contributed by atoms with Crippen LogP contribution in [-0.4, -0.2) is 26.3 Å². The van der Waals surface area contributed by atoms with E-state index in [0.717, 1.165) is 11.3 Å². The number of rotatable bonds is 6. The Hall–Kier alpha value is -2.31. The van der Waals surface area contributed by atoms with Crippen molar-refractivity contribution in [2.75, 3.05) is 12.9 Å². The van der Waals surface area contributed by atoms with Gasteiger partial charge in [-0.05, 0) is 29.8 Å². The van der Waals surface area contributed by atoms with E-state index in [1.807, 2.05) is 24.3 Å². The number of hydrogen-bond acceptors (Lipinski definition) is 5. The molecule has 0 spiro atoms. The number of nitrogens with zero attached hydrogens (tertiary/aromatic N) is 1. The van der Waals surface area contributed by atoms with E-state index in [4.69, 9.17) is 21.1 Å². The van der Waals surface area contributed by atoms with Crippen LogP contribution in [0.5, 0.6) is 11.5 Å². The molecule has 5 nitrogen and oxygen atoms in total. The maximum Gasteiger partial charge on any atom is 0.195 e. The second kappa shape index (κ2) is 7.51. The van der Waals surface area contributed by atoms with E-state index < -0.39 is 9.84 Å². The molecule has 0 aliphatic heterocycles. The maximum atomic E-state index is 12.3. The molecular weight excluding hydrogens is 374 g/mol. The minimum absolute atomic E-state index is 0.0367. The van der Waals surface area contributed by atoms with Crippen LogP contribution in [0.2, 0.25) is 5.02 Å². The molecule has 3 rings (SSSR count). The summed E-state index contributed by atoms with van der Waals surface area (Å²) in [6, 6.07) is 14.2. The van der Waals surface area contributed by atoms with Crippen LogP contribution in [0.4, 0.5) is 0 Å². The SMILES string of the molecule is CCS(=O)(=O)c1cc(OCc2ccc(OC)cc2)c2cccc(Cl)c2n1. The van der Waals surface area contributed by atoms with Gasteiger partial charge in [0.05, 0.1) is 23.4 Å². The lowest BCUT2D eigenvalue weighted by atomic mass is 10.2. The standard InChI is InChI=1S/C19H18ClNO4S/c1-3-26(22,23)18-11-17(15-5-4-6-16(20)19(15)21-18)25-12-13-7-9-14(24-2)10-8-13/h4-11H,3,12H2,1-2H3. The third-order valence-electron chi connectivity index (χ3n) is 3.98. The van der Waals surface area contributed by atoms with Crippen molar-refractivity contribution < 1.29 is 17.9 Å². The molecule has 136 valence electrons. The lowest BCUT2D eigenvalue weighted by molar-refractivity contribution is 0.308. The smallest absolute Gasteiger partial charge is 0.195 e. The number of hydrogen-bond donors (Lipinski definition) is 0. The molecule has 7 heteroatoms. The van der Waals surface area contributed by atoms with Crippen molar-refractivity contribution in [1.82, 2.24) is 4.98 Å². The Labute approximate surface area is 157 Å².